The van der Waals surface area contributed by atoms with Gasteiger partial charge in [0.25, 0.3) is 0 Å². The van der Waals surface area contributed by atoms with E-state index in [0.29, 0.717) is 19.6 Å². The summed E-state index contributed by atoms with van der Waals surface area (Å²) in [5, 5.41) is 0. The minimum atomic E-state index is -0.221. The molecular formula is C17H19FN2O. The fraction of sp³-hybridized carbons (Fsp3) is 0.294. The zero-order chi connectivity index (χ0) is 14.7. The molecule has 0 amide bonds. The Hall–Kier alpha value is -2.07. The first-order chi connectivity index (χ1) is 10.3. The average molecular weight is 286 g/mol. The van der Waals surface area contributed by atoms with Crippen LogP contribution in [0.15, 0.2) is 42.5 Å². The van der Waals surface area contributed by atoms with Gasteiger partial charge in [-0.2, -0.15) is 0 Å². The third-order valence-corrected chi connectivity index (χ3v) is 3.69. The fourth-order valence-electron chi connectivity index (χ4n) is 2.75. The Morgan fingerprint density at radius 2 is 2.00 bits per heavy atom. The zero-order valence-electron chi connectivity index (χ0n) is 11.9. The molecule has 3 nitrogen and oxygen atoms in total. The van der Waals surface area contributed by atoms with Crippen molar-refractivity contribution in [1.29, 1.82) is 0 Å². The largest absolute Gasteiger partial charge is 0.491 e. The van der Waals surface area contributed by atoms with Crippen molar-refractivity contribution >= 4 is 11.4 Å². The third kappa shape index (κ3) is 2.85. The number of benzene rings is 2. The van der Waals surface area contributed by atoms with E-state index in [-0.39, 0.29) is 5.82 Å². The van der Waals surface area contributed by atoms with E-state index in [0.717, 1.165) is 35.7 Å². The van der Waals surface area contributed by atoms with Crippen LogP contribution in [0, 0.1) is 5.82 Å². The van der Waals surface area contributed by atoms with E-state index < -0.39 is 0 Å². The van der Waals surface area contributed by atoms with Crippen LogP contribution in [-0.4, -0.2) is 19.7 Å². The highest BCUT2D eigenvalue weighted by molar-refractivity contribution is 5.71. The number of para-hydroxylation sites is 2. The summed E-state index contributed by atoms with van der Waals surface area (Å²) in [6.45, 7) is 2.05. The number of nitrogens with zero attached hydrogens (tertiary/aromatic N) is 1. The first kappa shape index (κ1) is 13.9. The van der Waals surface area contributed by atoms with Crippen molar-refractivity contribution in [3.8, 4) is 5.75 Å². The lowest BCUT2D eigenvalue weighted by molar-refractivity contribution is 0.322. The summed E-state index contributed by atoms with van der Waals surface area (Å²) in [5.41, 5.74) is 8.65. The second kappa shape index (κ2) is 6.14. The summed E-state index contributed by atoms with van der Waals surface area (Å²) in [4.78, 5) is 2.20. The molecule has 0 fully saturated rings. The maximum absolute atomic E-state index is 13.5. The Kier molecular flexibility index (Phi) is 4.06. The van der Waals surface area contributed by atoms with E-state index in [9.17, 15) is 4.39 Å². The summed E-state index contributed by atoms with van der Waals surface area (Å²) in [7, 11) is 0. The molecule has 0 radical (unpaired) electrons. The molecular weight excluding hydrogens is 267 g/mol. The standard InChI is InChI=1S/C17H19FN2O/c18-14-6-7-15(13(12-14)8-9-19)20-10-3-11-21-17-5-2-1-4-16(17)20/h1-2,4-7,12H,3,8-11,19H2. The topological polar surface area (TPSA) is 38.5 Å². The smallest absolute Gasteiger partial charge is 0.142 e. The molecule has 21 heavy (non-hydrogen) atoms. The Morgan fingerprint density at radius 1 is 1.14 bits per heavy atom. The molecule has 0 saturated carbocycles. The number of nitrogens with two attached hydrogens (primary N) is 1. The first-order valence-electron chi connectivity index (χ1n) is 7.27. The van der Waals surface area contributed by atoms with E-state index >= 15 is 0 Å². The molecule has 0 atom stereocenters. The monoisotopic (exact) mass is 286 g/mol. The number of ether oxygens (including phenoxy) is 1. The molecule has 0 unspecified atom stereocenters. The van der Waals surface area contributed by atoms with Gasteiger partial charge < -0.3 is 15.4 Å². The Bertz CT molecular complexity index is 630. The van der Waals surface area contributed by atoms with Gasteiger partial charge in [0.1, 0.15) is 11.6 Å². The summed E-state index contributed by atoms with van der Waals surface area (Å²) in [5.74, 6) is 0.652. The van der Waals surface area contributed by atoms with Gasteiger partial charge in [0, 0.05) is 12.2 Å². The predicted molar refractivity (Wildman–Crippen MR) is 82.7 cm³/mol. The lowest BCUT2D eigenvalue weighted by atomic mass is 10.1. The minimum absolute atomic E-state index is 0.221. The van der Waals surface area contributed by atoms with Crippen LogP contribution in [0.25, 0.3) is 0 Å². The first-order valence-corrected chi connectivity index (χ1v) is 7.27. The molecule has 2 N–H and O–H groups in total. The summed E-state index contributed by atoms with van der Waals surface area (Å²) >= 11 is 0. The van der Waals surface area contributed by atoms with E-state index in [1.54, 1.807) is 6.07 Å². The number of anilines is 2. The van der Waals surface area contributed by atoms with E-state index in [1.165, 1.54) is 6.07 Å². The lowest BCUT2D eigenvalue weighted by Gasteiger charge is -2.26. The number of halogens is 1. The van der Waals surface area contributed by atoms with Gasteiger partial charge in [0.15, 0.2) is 0 Å². The van der Waals surface area contributed by atoms with Gasteiger partial charge in [0.2, 0.25) is 0 Å². The molecule has 0 saturated heterocycles. The lowest BCUT2D eigenvalue weighted by Crippen LogP contribution is -2.20. The van der Waals surface area contributed by atoms with E-state index in [4.69, 9.17) is 10.5 Å². The van der Waals surface area contributed by atoms with Crippen molar-refractivity contribution in [3.63, 3.8) is 0 Å². The second-order valence-electron chi connectivity index (χ2n) is 5.13. The van der Waals surface area contributed by atoms with Gasteiger partial charge in [-0.3, -0.25) is 0 Å². The molecule has 1 heterocycles. The van der Waals surface area contributed by atoms with Gasteiger partial charge >= 0.3 is 0 Å². The van der Waals surface area contributed by atoms with E-state index in [1.807, 2.05) is 30.3 Å². The number of fused-ring (bicyclic) bond motifs is 1. The quantitative estimate of drug-likeness (QED) is 0.941. The number of hydrogen-bond acceptors (Lipinski definition) is 3. The average Bonchev–Trinajstić information content (AvgIpc) is 2.70. The van der Waals surface area contributed by atoms with Crippen LogP contribution in [-0.2, 0) is 6.42 Å². The zero-order valence-corrected chi connectivity index (χ0v) is 11.9. The van der Waals surface area contributed by atoms with Crippen LogP contribution >= 0.6 is 0 Å². The molecule has 0 aliphatic carbocycles. The molecule has 2 aromatic rings. The Labute approximate surface area is 124 Å². The van der Waals surface area contributed by atoms with Gasteiger partial charge in [-0.25, -0.2) is 4.39 Å². The highest BCUT2D eigenvalue weighted by Gasteiger charge is 2.19. The fourth-order valence-corrected chi connectivity index (χ4v) is 2.75. The van der Waals surface area contributed by atoms with Crippen LogP contribution in [0.5, 0.6) is 5.75 Å². The van der Waals surface area contributed by atoms with Crippen molar-refractivity contribution in [1.82, 2.24) is 0 Å². The summed E-state index contributed by atoms with van der Waals surface area (Å²) in [6.07, 6.45) is 1.58. The Morgan fingerprint density at radius 3 is 2.86 bits per heavy atom. The van der Waals surface area contributed by atoms with Crippen molar-refractivity contribution in [2.45, 2.75) is 12.8 Å². The van der Waals surface area contributed by atoms with Gasteiger partial charge in [-0.15, -0.1) is 0 Å². The highest BCUT2D eigenvalue weighted by atomic mass is 19.1. The summed E-state index contributed by atoms with van der Waals surface area (Å²) < 4.78 is 19.3. The third-order valence-electron chi connectivity index (χ3n) is 3.69. The van der Waals surface area contributed by atoms with E-state index in [2.05, 4.69) is 4.90 Å². The molecule has 0 aromatic heterocycles. The SMILES string of the molecule is NCCc1cc(F)ccc1N1CCCOc2ccccc21. The molecule has 1 aliphatic heterocycles. The van der Waals surface area contributed by atoms with Gasteiger partial charge in [0.05, 0.1) is 12.3 Å². The molecule has 0 spiro atoms. The molecule has 1 aliphatic rings. The van der Waals surface area contributed by atoms with Crippen molar-refractivity contribution in [2.24, 2.45) is 5.73 Å². The summed E-state index contributed by atoms with van der Waals surface area (Å²) in [6, 6.07) is 12.9. The maximum atomic E-state index is 13.5. The number of rotatable bonds is 3. The van der Waals surface area contributed by atoms with Crippen molar-refractivity contribution in [2.75, 3.05) is 24.6 Å². The van der Waals surface area contributed by atoms with Crippen molar-refractivity contribution < 1.29 is 9.13 Å². The van der Waals surface area contributed by atoms with Crippen LogP contribution in [0.3, 0.4) is 0 Å². The van der Waals surface area contributed by atoms with Crippen molar-refractivity contribution in [3.05, 3.63) is 53.8 Å². The van der Waals surface area contributed by atoms with Crippen LogP contribution in [0.1, 0.15) is 12.0 Å². The molecule has 2 aromatic carbocycles. The molecule has 3 rings (SSSR count). The molecule has 0 bridgehead atoms. The number of hydrogen-bond donors (Lipinski definition) is 1. The van der Waals surface area contributed by atoms with Crippen LogP contribution < -0.4 is 15.4 Å². The van der Waals surface area contributed by atoms with Crippen LogP contribution in [0.4, 0.5) is 15.8 Å². The normalized spacial score (nSPS) is 14.3. The predicted octanol–water partition coefficient (Wildman–Crippen LogP) is 3.25. The van der Waals surface area contributed by atoms with Gasteiger partial charge in [-0.05, 0) is 55.3 Å². The maximum Gasteiger partial charge on any atom is 0.142 e. The molecule has 110 valence electrons. The highest BCUT2D eigenvalue weighted by Crippen LogP contribution is 2.37. The van der Waals surface area contributed by atoms with Gasteiger partial charge in [-0.1, -0.05) is 12.1 Å². The molecule has 4 heteroatoms. The Balaban J connectivity index is 2.07. The van der Waals surface area contributed by atoms with Crippen LogP contribution in [0.2, 0.25) is 0 Å². The second-order valence-corrected chi connectivity index (χ2v) is 5.13. The minimum Gasteiger partial charge on any atom is -0.491 e.